The summed E-state index contributed by atoms with van der Waals surface area (Å²) in [5.41, 5.74) is 8.64. The maximum atomic E-state index is 14.1. The molecule has 15 heteroatoms. The minimum Gasteiger partial charge on any atom is -0.375 e. The van der Waals surface area contributed by atoms with Gasteiger partial charge in [0.15, 0.2) is 5.13 Å². The Hall–Kier alpha value is -4.21. The van der Waals surface area contributed by atoms with Gasteiger partial charge in [0.05, 0.1) is 36.1 Å². The van der Waals surface area contributed by atoms with Gasteiger partial charge in [-0.25, -0.2) is 18.2 Å². The van der Waals surface area contributed by atoms with E-state index >= 15 is 0 Å². The van der Waals surface area contributed by atoms with Gasteiger partial charge < -0.3 is 20.9 Å². The number of thiazole rings is 1. The molecule has 3 aromatic rings. The van der Waals surface area contributed by atoms with Crippen LogP contribution in [0.1, 0.15) is 11.1 Å². The average Bonchev–Trinajstić information content (AvgIpc) is 3.48. The lowest BCUT2D eigenvalue weighted by molar-refractivity contribution is -0.157. The number of carbonyl (C=O) groups excluding carboxylic acids is 3. The summed E-state index contributed by atoms with van der Waals surface area (Å²) < 4.78 is 26.6. The molecule has 0 bridgehead atoms. The van der Waals surface area contributed by atoms with Crippen molar-refractivity contribution in [3.8, 4) is 0 Å². The number of carbonyl (C=O) groups is 3. The Labute approximate surface area is 247 Å². The van der Waals surface area contributed by atoms with Crippen LogP contribution >= 0.6 is 11.3 Å². The van der Waals surface area contributed by atoms with E-state index in [1.165, 1.54) is 23.4 Å². The lowest BCUT2D eigenvalue weighted by Crippen LogP contribution is -2.65. The fraction of sp³-hybridized carbons (Fsp3) is 0.333. The van der Waals surface area contributed by atoms with Gasteiger partial charge in [0.1, 0.15) is 12.2 Å². The van der Waals surface area contributed by atoms with Crippen LogP contribution in [0.25, 0.3) is 10.2 Å². The monoisotopic (exact) mass is 612 g/mol. The van der Waals surface area contributed by atoms with Gasteiger partial charge in [-0.3, -0.25) is 19.3 Å². The molecule has 0 saturated carbocycles. The molecule has 2 aliphatic rings. The van der Waals surface area contributed by atoms with Gasteiger partial charge in [0, 0.05) is 25.7 Å². The first kappa shape index (κ1) is 29.3. The van der Waals surface area contributed by atoms with Crippen LogP contribution in [0.4, 0.5) is 15.6 Å². The van der Waals surface area contributed by atoms with Crippen molar-refractivity contribution in [3.63, 3.8) is 0 Å². The minimum absolute atomic E-state index is 0.0844. The number of sulfonamides is 1. The van der Waals surface area contributed by atoms with E-state index in [-0.39, 0.29) is 44.4 Å². The molecule has 4 N–H and O–H groups in total. The Kier molecular flexibility index (Phi) is 8.08. The first-order valence-corrected chi connectivity index (χ1v) is 15.9. The Morgan fingerprint density at radius 2 is 1.98 bits per heavy atom. The standard InChI is InChI=1S/C27H32N8O5S2/c1-4-12-33(27(38)29-2)34-16-23(36)35-20(13-17-8-10-19(11-9-17)31-42(3,39)40)25(37)32(15-22(34)35)14-18-6-5-7-21-24(18)30-26(28)41-21/h4-11,20,22,31H,1,12-16H2,2-3H3,(H2,28,30)(H,29,38)/t20-,22+/m0/s1. The molecular weight excluding hydrogens is 580 g/mol. The second kappa shape index (κ2) is 11.6. The number of aromatic nitrogens is 1. The number of hydrogen-bond acceptors (Lipinski definition) is 9. The predicted octanol–water partition coefficient (Wildman–Crippen LogP) is 1.42. The summed E-state index contributed by atoms with van der Waals surface area (Å²) in [6.45, 7) is 4.24. The van der Waals surface area contributed by atoms with E-state index in [9.17, 15) is 22.8 Å². The number of nitrogens with two attached hydrogens (primary N) is 1. The molecule has 4 amide bonds. The zero-order chi connectivity index (χ0) is 30.2. The Morgan fingerprint density at radius 3 is 2.64 bits per heavy atom. The molecule has 0 radical (unpaired) electrons. The molecular formula is C27H32N8O5S2. The lowest BCUT2D eigenvalue weighted by Gasteiger charge is -2.46. The maximum absolute atomic E-state index is 14.1. The fourth-order valence-electron chi connectivity index (χ4n) is 5.45. The number of para-hydroxylation sites is 1. The van der Waals surface area contributed by atoms with Gasteiger partial charge in [-0.05, 0) is 29.3 Å². The third-order valence-electron chi connectivity index (χ3n) is 7.19. The molecule has 2 aliphatic heterocycles. The quantitative estimate of drug-likeness (QED) is 0.306. The number of anilines is 2. The van der Waals surface area contributed by atoms with Crippen molar-refractivity contribution in [3.05, 3.63) is 66.2 Å². The van der Waals surface area contributed by atoms with E-state index in [4.69, 9.17) is 5.73 Å². The second-order valence-electron chi connectivity index (χ2n) is 10.1. The molecule has 0 unspecified atom stereocenters. The van der Waals surface area contributed by atoms with Crippen LogP contribution in [0, 0.1) is 0 Å². The summed E-state index contributed by atoms with van der Waals surface area (Å²) in [5, 5.41) is 6.14. The normalized spacial score (nSPS) is 19.2. The fourth-order valence-corrected chi connectivity index (χ4v) is 6.79. The van der Waals surface area contributed by atoms with Gasteiger partial charge in [-0.2, -0.15) is 5.01 Å². The van der Waals surface area contributed by atoms with Gasteiger partial charge in [0.2, 0.25) is 21.8 Å². The van der Waals surface area contributed by atoms with E-state index in [0.29, 0.717) is 10.8 Å². The number of nitrogens with zero attached hydrogens (tertiary/aromatic N) is 5. The Balaban J connectivity index is 1.50. The van der Waals surface area contributed by atoms with Crippen LogP contribution < -0.4 is 15.8 Å². The highest BCUT2D eigenvalue weighted by Gasteiger charge is 2.52. The zero-order valence-electron chi connectivity index (χ0n) is 23.2. The second-order valence-corrected chi connectivity index (χ2v) is 12.9. The van der Waals surface area contributed by atoms with Gasteiger partial charge in [-0.15, -0.1) is 6.58 Å². The molecule has 2 saturated heterocycles. The maximum Gasteiger partial charge on any atom is 0.332 e. The lowest BCUT2D eigenvalue weighted by atomic mass is 9.99. The summed E-state index contributed by atoms with van der Waals surface area (Å²) in [5.74, 6) is -0.518. The van der Waals surface area contributed by atoms with Gasteiger partial charge in [0.25, 0.3) is 0 Å². The third kappa shape index (κ3) is 5.89. The molecule has 3 heterocycles. The van der Waals surface area contributed by atoms with Crippen molar-refractivity contribution in [2.45, 2.75) is 25.2 Å². The van der Waals surface area contributed by atoms with Crippen LogP contribution in [-0.4, -0.2) is 96.2 Å². The summed E-state index contributed by atoms with van der Waals surface area (Å²) in [6, 6.07) is 11.1. The number of hydrazine groups is 1. The molecule has 222 valence electrons. The van der Waals surface area contributed by atoms with Crippen molar-refractivity contribution in [2.24, 2.45) is 0 Å². The first-order chi connectivity index (χ1) is 20.0. The molecule has 2 fully saturated rings. The molecule has 2 aromatic carbocycles. The number of rotatable bonds is 9. The number of urea groups is 1. The van der Waals surface area contributed by atoms with Crippen molar-refractivity contribution in [1.82, 2.24) is 30.1 Å². The Morgan fingerprint density at radius 1 is 1.24 bits per heavy atom. The summed E-state index contributed by atoms with van der Waals surface area (Å²) in [6.07, 6.45) is 2.23. The van der Waals surface area contributed by atoms with Crippen LogP contribution in [-0.2, 0) is 32.6 Å². The Bertz CT molecular complexity index is 1640. The molecule has 0 spiro atoms. The topological polar surface area (TPSA) is 161 Å². The van der Waals surface area contributed by atoms with E-state index in [0.717, 1.165) is 27.6 Å². The summed E-state index contributed by atoms with van der Waals surface area (Å²) in [7, 11) is -1.94. The van der Waals surface area contributed by atoms with E-state index in [1.54, 1.807) is 45.2 Å². The minimum atomic E-state index is -3.45. The highest BCUT2D eigenvalue weighted by Crippen LogP contribution is 2.32. The number of fused-ring (bicyclic) bond motifs is 2. The molecule has 13 nitrogen and oxygen atoms in total. The van der Waals surface area contributed by atoms with Crippen LogP contribution in [0.15, 0.2) is 55.1 Å². The van der Waals surface area contributed by atoms with E-state index in [2.05, 4.69) is 21.6 Å². The van der Waals surface area contributed by atoms with Crippen LogP contribution in [0.5, 0.6) is 0 Å². The van der Waals surface area contributed by atoms with Crippen molar-refractivity contribution in [2.75, 3.05) is 43.4 Å². The number of nitrogens with one attached hydrogen (secondary N) is 2. The molecule has 5 rings (SSSR count). The van der Waals surface area contributed by atoms with Crippen molar-refractivity contribution in [1.29, 1.82) is 0 Å². The first-order valence-electron chi connectivity index (χ1n) is 13.2. The average molecular weight is 613 g/mol. The number of amides is 4. The van der Waals surface area contributed by atoms with Crippen LogP contribution in [0.2, 0.25) is 0 Å². The van der Waals surface area contributed by atoms with E-state index < -0.39 is 28.3 Å². The third-order valence-corrected chi connectivity index (χ3v) is 8.65. The van der Waals surface area contributed by atoms with Crippen molar-refractivity contribution < 1.29 is 22.8 Å². The highest BCUT2D eigenvalue weighted by molar-refractivity contribution is 7.92. The summed E-state index contributed by atoms with van der Waals surface area (Å²) in [4.78, 5) is 48.1. The predicted molar refractivity (Wildman–Crippen MR) is 161 cm³/mol. The van der Waals surface area contributed by atoms with Gasteiger partial charge in [-0.1, -0.05) is 41.7 Å². The highest BCUT2D eigenvalue weighted by atomic mass is 32.2. The molecule has 0 aliphatic carbocycles. The summed E-state index contributed by atoms with van der Waals surface area (Å²) >= 11 is 1.37. The number of benzene rings is 2. The van der Waals surface area contributed by atoms with E-state index in [1.807, 2.05) is 18.2 Å². The van der Waals surface area contributed by atoms with Crippen molar-refractivity contribution >= 4 is 60.2 Å². The SMILES string of the molecule is C=CCN(C(=O)NC)N1CC(=O)N2[C@@H](Cc3ccc(NS(C)(=O)=O)cc3)C(=O)N(Cc3cccc4sc(N)nc34)C[C@@H]21. The molecule has 1 aromatic heterocycles. The van der Waals surface area contributed by atoms with Gasteiger partial charge >= 0.3 is 6.03 Å². The molecule has 42 heavy (non-hydrogen) atoms. The number of nitrogen functional groups attached to an aromatic ring is 1. The number of piperazine rings is 1. The zero-order valence-corrected chi connectivity index (χ0v) is 24.8. The number of hydrogen-bond donors (Lipinski definition) is 3. The smallest absolute Gasteiger partial charge is 0.332 e. The van der Waals surface area contributed by atoms with Crippen LogP contribution in [0.3, 0.4) is 0 Å². The largest absolute Gasteiger partial charge is 0.375 e. The molecule has 2 atom stereocenters.